The molecule has 0 saturated carbocycles. The number of benzene rings is 1. The molecule has 0 radical (unpaired) electrons. The first kappa shape index (κ1) is 10.2. The Kier molecular flexibility index (Phi) is 4.47. The van der Waals surface area contributed by atoms with Gasteiger partial charge in [0.1, 0.15) is 5.82 Å². The predicted octanol–water partition coefficient (Wildman–Crippen LogP) is 2.79. The zero-order valence-electron chi connectivity index (χ0n) is 7.92. The van der Waals surface area contributed by atoms with E-state index >= 15 is 0 Å². The minimum atomic E-state index is -0.182. The van der Waals surface area contributed by atoms with Crippen molar-refractivity contribution < 1.29 is 9.13 Å². The molecule has 0 atom stereocenters. The van der Waals surface area contributed by atoms with Crippen LogP contribution in [0.25, 0.3) is 0 Å². The minimum absolute atomic E-state index is 0.182. The molecule has 1 nitrogen and oxygen atoms in total. The van der Waals surface area contributed by atoms with E-state index in [-0.39, 0.29) is 5.82 Å². The van der Waals surface area contributed by atoms with Gasteiger partial charge in [0.05, 0.1) is 6.61 Å². The van der Waals surface area contributed by atoms with Crippen LogP contribution in [0.1, 0.15) is 18.9 Å². The summed E-state index contributed by atoms with van der Waals surface area (Å²) in [6.45, 7) is 3.61. The van der Waals surface area contributed by atoms with Crippen LogP contribution in [0.3, 0.4) is 0 Å². The minimum Gasteiger partial charge on any atom is -0.381 e. The molecule has 1 rings (SSSR count). The molecular formula is C11H15FO. The smallest absolute Gasteiger partial charge is 0.123 e. The highest BCUT2D eigenvalue weighted by Crippen LogP contribution is 2.03. The number of halogens is 1. The van der Waals surface area contributed by atoms with E-state index in [0.717, 1.165) is 31.6 Å². The average molecular weight is 182 g/mol. The van der Waals surface area contributed by atoms with Crippen LogP contribution in [0.4, 0.5) is 4.39 Å². The summed E-state index contributed by atoms with van der Waals surface area (Å²) in [4.78, 5) is 0. The van der Waals surface area contributed by atoms with Crippen LogP contribution in [-0.2, 0) is 11.2 Å². The first-order valence-electron chi connectivity index (χ1n) is 4.65. The van der Waals surface area contributed by atoms with E-state index in [9.17, 15) is 4.39 Å². The Balaban J connectivity index is 2.25. The van der Waals surface area contributed by atoms with Crippen molar-refractivity contribution in [2.24, 2.45) is 0 Å². The zero-order valence-corrected chi connectivity index (χ0v) is 7.92. The van der Waals surface area contributed by atoms with Gasteiger partial charge in [0.25, 0.3) is 0 Å². The van der Waals surface area contributed by atoms with Gasteiger partial charge in [0, 0.05) is 6.61 Å². The molecule has 0 spiro atoms. The Hall–Kier alpha value is -0.890. The van der Waals surface area contributed by atoms with Crippen molar-refractivity contribution in [1.29, 1.82) is 0 Å². The van der Waals surface area contributed by atoms with Crippen molar-refractivity contribution in [3.63, 3.8) is 0 Å². The third kappa shape index (κ3) is 4.04. The third-order valence-electron chi connectivity index (χ3n) is 1.80. The fraction of sp³-hybridized carbons (Fsp3) is 0.455. The van der Waals surface area contributed by atoms with E-state index < -0.39 is 0 Å². The monoisotopic (exact) mass is 182 g/mol. The molecule has 0 saturated heterocycles. The topological polar surface area (TPSA) is 9.23 Å². The molecule has 0 amide bonds. The molecule has 72 valence electrons. The molecule has 13 heavy (non-hydrogen) atoms. The van der Waals surface area contributed by atoms with Crippen molar-refractivity contribution in [2.75, 3.05) is 13.2 Å². The Morgan fingerprint density at radius 3 is 2.46 bits per heavy atom. The maximum atomic E-state index is 12.5. The highest BCUT2D eigenvalue weighted by atomic mass is 19.1. The van der Waals surface area contributed by atoms with Gasteiger partial charge in [-0.05, 0) is 30.5 Å². The molecule has 0 aliphatic rings. The van der Waals surface area contributed by atoms with E-state index in [0.29, 0.717) is 0 Å². The van der Waals surface area contributed by atoms with Gasteiger partial charge in [-0.15, -0.1) is 0 Å². The second-order valence-corrected chi connectivity index (χ2v) is 2.99. The van der Waals surface area contributed by atoms with Gasteiger partial charge < -0.3 is 4.74 Å². The fourth-order valence-corrected chi connectivity index (χ4v) is 1.09. The van der Waals surface area contributed by atoms with E-state index in [1.807, 2.05) is 0 Å². The second kappa shape index (κ2) is 5.70. The van der Waals surface area contributed by atoms with Crippen LogP contribution in [0.2, 0.25) is 0 Å². The maximum absolute atomic E-state index is 12.5. The molecule has 0 bridgehead atoms. The Morgan fingerprint density at radius 1 is 1.15 bits per heavy atom. The Morgan fingerprint density at radius 2 is 1.85 bits per heavy atom. The van der Waals surface area contributed by atoms with E-state index in [2.05, 4.69) is 6.92 Å². The number of hydrogen-bond acceptors (Lipinski definition) is 1. The van der Waals surface area contributed by atoms with Crippen LogP contribution in [0.15, 0.2) is 24.3 Å². The lowest BCUT2D eigenvalue weighted by atomic mass is 10.2. The van der Waals surface area contributed by atoms with Crippen molar-refractivity contribution in [1.82, 2.24) is 0 Å². The standard InChI is InChI=1S/C11H15FO/c1-2-8-13-9-7-10-3-5-11(12)6-4-10/h3-6H,2,7-9H2,1H3. The highest BCUT2D eigenvalue weighted by molar-refractivity contribution is 5.15. The summed E-state index contributed by atoms with van der Waals surface area (Å²) in [5.74, 6) is -0.182. The normalized spacial score (nSPS) is 10.3. The second-order valence-electron chi connectivity index (χ2n) is 2.99. The average Bonchev–Trinajstić information content (AvgIpc) is 2.15. The number of hydrogen-bond donors (Lipinski definition) is 0. The summed E-state index contributed by atoms with van der Waals surface area (Å²) in [5.41, 5.74) is 1.12. The number of ether oxygens (including phenoxy) is 1. The molecule has 0 unspecified atom stereocenters. The van der Waals surface area contributed by atoms with Gasteiger partial charge in [-0.2, -0.15) is 0 Å². The van der Waals surface area contributed by atoms with Crippen LogP contribution in [0.5, 0.6) is 0 Å². The first-order valence-corrected chi connectivity index (χ1v) is 4.65. The van der Waals surface area contributed by atoms with Gasteiger partial charge in [-0.25, -0.2) is 4.39 Å². The summed E-state index contributed by atoms with van der Waals surface area (Å²) in [6.07, 6.45) is 1.91. The lowest BCUT2D eigenvalue weighted by Gasteiger charge is -2.02. The van der Waals surface area contributed by atoms with Crippen LogP contribution in [0, 0.1) is 5.82 Å². The van der Waals surface area contributed by atoms with Gasteiger partial charge in [0.2, 0.25) is 0 Å². The summed E-state index contributed by atoms with van der Waals surface area (Å²) >= 11 is 0. The largest absolute Gasteiger partial charge is 0.381 e. The van der Waals surface area contributed by atoms with Gasteiger partial charge in [0.15, 0.2) is 0 Å². The van der Waals surface area contributed by atoms with Crippen molar-refractivity contribution in [2.45, 2.75) is 19.8 Å². The fourth-order valence-electron chi connectivity index (χ4n) is 1.09. The lowest BCUT2D eigenvalue weighted by molar-refractivity contribution is 0.138. The van der Waals surface area contributed by atoms with Crippen LogP contribution >= 0.6 is 0 Å². The molecule has 0 heterocycles. The van der Waals surface area contributed by atoms with Crippen molar-refractivity contribution in [3.8, 4) is 0 Å². The molecule has 0 aliphatic heterocycles. The van der Waals surface area contributed by atoms with Gasteiger partial charge in [-0.3, -0.25) is 0 Å². The molecule has 1 aromatic rings. The first-order chi connectivity index (χ1) is 6.33. The van der Waals surface area contributed by atoms with Crippen LogP contribution < -0.4 is 0 Å². The summed E-state index contributed by atoms with van der Waals surface area (Å²) < 4.78 is 17.8. The zero-order chi connectivity index (χ0) is 9.52. The quantitative estimate of drug-likeness (QED) is 0.636. The van der Waals surface area contributed by atoms with Gasteiger partial charge in [-0.1, -0.05) is 19.1 Å². The van der Waals surface area contributed by atoms with Crippen molar-refractivity contribution >= 4 is 0 Å². The lowest BCUT2D eigenvalue weighted by Crippen LogP contribution is -1.99. The number of rotatable bonds is 5. The maximum Gasteiger partial charge on any atom is 0.123 e. The van der Waals surface area contributed by atoms with E-state index in [4.69, 9.17) is 4.74 Å². The molecule has 0 fully saturated rings. The highest BCUT2D eigenvalue weighted by Gasteiger charge is 1.93. The molecule has 0 aliphatic carbocycles. The molecular weight excluding hydrogens is 167 g/mol. The van der Waals surface area contributed by atoms with Crippen molar-refractivity contribution in [3.05, 3.63) is 35.6 Å². The predicted molar refractivity (Wildman–Crippen MR) is 51.2 cm³/mol. The van der Waals surface area contributed by atoms with Gasteiger partial charge >= 0.3 is 0 Å². The van der Waals surface area contributed by atoms with Crippen LogP contribution in [-0.4, -0.2) is 13.2 Å². The molecule has 0 N–H and O–H groups in total. The third-order valence-corrected chi connectivity index (χ3v) is 1.80. The van der Waals surface area contributed by atoms with E-state index in [1.54, 1.807) is 12.1 Å². The summed E-state index contributed by atoms with van der Waals surface area (Å²) in [5, 5.41) is 0. The summed E-state index contributed by atoms with van der Waals surface area (Å²) in [7, 11) is 0. The molecule has 2 heteroatoms. The molecule has 0 aromatic heterocycles. The Bertz CT molecular complexity index is 230. The SMILES string of the molecule is CCCOCCc1ccc(F)cc1. The molecule has 1 aromatic carbocycles. The summed E-state index contributed by atoms with van der Waals surface area (Å²) in [6, 6.07) is 6.56. The van der Waals surface area contributed by atoms with E-state index in [1.165, 1.54) is 12.1 Å². The Labute approximate surface area is 78.5 Å².